The van der Waals surface area contributed by atoms with E-state index in [0.717, 1.165) is 42.0 Å². The van der Waals surface area contributed by atoms with Gasteiger partial charge in [0, 0.05) is 10.9 Å². The maximum absolute atomic E-state index is 13.1. The lowest BCUT2D eigenvalue weighted by Crippen LogP contribution is -2.27. The molecule has 1 heterocycles. The van der Waals surface area contributed by atoms with Gasteiger partial charge in [0.1, 0.15) is 0 Å². The summed E-state index contributed by atoms with van der Waals surface area (Å²) in [7, 11) is 0. The maximum Gasteiger partial charge on any atom is 0.230 e. The number of carbonyl (C=O) groups excluding carboxylic acids is 1. The van der Waals surface area contributed by atoms with Gasteiger partial charge < -0.3 is 11.1 Å². The highest BCUT2D eigenvalue weighted by Crippen LogP contribution is 2.29. The summed E-state index contributed by atoms with van der Waals surface area (Å²) in [5.74, 6) is -2.18. The first-order valence-electron chi connectivity index (χ1n) is 6.99. The Bertz CT molecular complexity index is 723. The van der Waals surface area contributed by atoms with E-state index < -0.39 is 11.6 Å². The molecule has 1 aromatic carbocycles. The Labute approximate surface area is 142 Å². The lowest BCUT2D eigenvalue weighted by molar-refractivity contribution is -0.115. The number of halogens is 3. The molecule has 3 N–H and O–H groups in total. The number of hydrogen-bond acceptors (Lipinski definition) is 4. The number of carbonyl (C=O) groups is 1. The van der Waals surface area contributed by atoms with Crippen LogP contribution in [0.4, 0.5) is 13.9 Å². The minimum atomic E-state index is -0.955. The van der Waals surface area contributed by atoms with Gasteiger partial charge >= 0.3 is 0 Å². The van der Waals surface area contributed by atoms with Crippen molar-refractivity contribution < 1.29 is 13.6 Å². The second-order valence-electron chi connectivity index (χ2n) is 5.37. The van der Waals surface area contributed by atoms with Crippen LogP contribution in [0.5, 0.6) is 0 Å². The van der Waals surface area contributed by atoms with Crippen LogP contribution in [0.2, 0.25) is 0 Å². The third kappa shape index (κ3) is 4.25. The number of nitrogens with one attached hydrogen (secondary N) is 1. The van der Waals surface area contributed by atoms with Crippen LogP contribution >= 0.6 is 23.7 Å². The van der Waals surface area contributed by atoms with Gasteiger partial charge in [0.25, 0.3) is 0 Å². The van der Waals surface area contributed by atoms with Crippen molar-refractivity contribution >= 4 is 34.8 Å². The topological polar surface area (TPSA) is 68.0 Å². The maximum atomic E-state index is 13.1. The molecule has 0 spiro atoms. The predicted octanol–water partition coefficient (Wildman–Crippen LogP) is 2.84. The smallest absolute Gasteiger partial charge is 0.230 e. The first-order chi connectivity index (χ1) is 10.5. The molecular weight excluding hydrogens is 344 g/mol. The molecule has 2 aromatic rings. The Kier molecular flexibility index (Phi) is 5.67. The van der Waals surface area contributed by atoms with Crippen molar-refractivity contribution in [2.45, 2.75) is 31.7 Å². The molecule has 1 amide bonds. The molecule has 0 saturated heterocycles. The molecule has 1 aromatic heterocycles. The second kappa shape index (κ2) is 7.33. The van der Waals surface area contributed by atoms with Gasteiger partial charge in [-0.1, -0.05) is 6.07 Å². The Hall–Kier alpha value is -1.57. The number of thiazole rings is 1. The summed E-state index contributed by atoms with van der Waals surface area (Å²) in [5.41, 5.74) is 7.33. The third-order valence-corrected chi connectivity index (χ3v) is 4.61. The zero-order valence-electron chi connectivity index (χ0n) is 12.1. The van der Waals surface area contributed by atoms with Gasteiger partial charge in [-0.05, 0) is 37.0 Å². The van der Waals surface area contributed by atoms with E-state index in [1.807, 2.05) is 0 Å². The van der Waals surface area contributed by atoms with Gasteiger partial charge in [-0.3, -0.25) is 4.79 Å². The fraction of sp³-hybridized carbons (Fsp3) is 0.333. The number of nitrogens with zero attached hydrogens (tertiary/aromatic N) is 1. The van der Waals surface area contributed by atoms with Gasteiger partial charge in [-0.2, -0.15) is 0 Å². The Morgan fingerprint density at radius 1 is 1.39 bits per heavy atom. The molecule has 3 rings (SSSR count). The number of rotatable bonds is 3. The Morgan fingerprint density at radius 3 is 2.91 bits per heavy atom. The van der Waals surface area contributed by atoms with Gasteiger partial charge in [0.2, 0.25) is 5.91 Å². The van der Waals surface area contributed by atoms with E-state index in [0.29, 0.717) is 10.7 Å². The highest BCUT2D eigenvalue weighted by atomic mass is 35.5. The average molecular weight is 360 g/mol. The van der Waals surface area contributed by atoms with E-state index in [4.69, 9.17) is 5.73 Å². The van der Waals surface area contributed by atoms with E-state index in [2.05, 4.69) is 10.3 Å². The normalized spacial score (nSPS) is 16.4. The van der Waals surface area contributed by atoms with Crippen LogP contribution in [0.1, 0.15) is 22.6 Å². The Morgan fingerprint density at radius 2 is 2.17 bits per heavy atom. The molecule has 8 heteroatoms. The summed E-state index contributed by atoms with van der Waals surface area (Å²) >= 11 is 1.43. The molecule has 0 bridgehead atoms. The number of anilines is 1. The van der Waals surface area contributed by atoms with Gasteiger partial charge in [0.05, 0.1) is 12.1 Å². The monoisotopic (exact) mass is 359 g/mol. The SMILES string of the molecule is Cl.N[C@H]1CCc2nc(NC(=O)Cc3ccc(F)c(F)c3)sc2C1. The van der Waals surface area contributed by atoms with Gasteiger partial charge in [-0.25, -0.2) is 13.8 Å². The number of fused-ring (bicyclic) bond motifs is 1. The molecule has 4 nitrogen and oxygen atoms in total. The van der Waals surface area contributed by atoms with Crippen molar-refractivity contribution in [1.82, 2.24) is 4.98 Å². The summed E-state index contributed by atoms with van der Waals surface area (Å²) in [6.07, 6.45) is 2.48. The van der Waals surface area contributed by atoms with Crippen molar-refractivity contribution in [2.24, 2.45) is 5.73 Å². The molecule has 23 heavy (non-hydrogen) atoms. The highest BCUT2D eigenvalue weighted by Gasteiger charge is 2.20. The molecule has 1 aliphatic carbocycles. The van der Waals surface area contributed by atoms with Crippen molar-refractivity contribution in [2.75, 3.05) is 5.32 Å². The molecule has 0 aliphatic heterocycles. The first-order valence-corrected chi connectivity index (χ1v) is 7.81. The number of aryl methyl sites for hydroxylation is 1. The average Bonchev–Trinajstić information content (AvgIpc) is 2.84. The predicted molar refractivity (Wildman–Crippen MR) is 88.1 cm³/mol. The number of benzene rings is 1. The molecule has 1 aliphatic rings. The molecule has 124 valence electrons. The van der Waals surface area contributed by atoms with Gasteiger partial charge in [0.15, 0.2) is 16.8 Å². The number of nitrogens with two attached hydrogens (primary N) is 1. The standard InChI is InChI=1S/C15H15F2N3OS.ClH/c16-10-3-1-8(5-11(10)17)6-14(21)20-15-19-12-4-2-9(18)7-13(12)22-15;/h1,3,5,9H,2,4,6-7,18H2,(H,19,20,21);1H/t9-;/m0./s1. The molecule has 0 unspecified atom stereocenters. The lowest BCUT2D eigenvalue weighted by Gasteiger charge is -2.15. The van der Waals surface area contributed by atoms with Crippen LogP contribution in [-0.4, -0.2) is 16.9 Å². The summed E-state index contributed by atoms with van der Waals surface area (Å²) in [5, 5.41) is 3.24. The van der Waals surface area contributed by atoms with Crippen molar-refractivity contribution in [1.29, 1.82) is 0 Å². The highest BCUT2D eigenvalue weighted by molar-refractivity contribution is 7.15. The fourth-order valence-electron chi connectivity index (χ4n) is 2.45. The quantitative estimate of drug-likeness (QED) is 0.885. The zero-order valence-corrected chi connectivity index (χ0v) is 13.8. The summed E-state index contributed by atoms with van der Waals surface area (Å²) < 4.78 is 26.0. The van der Waals surface area contributed by atoms with E-state index in [1.165, 1.54) is 17.4 Å². The van der Waals surface area contributed by atoms with Crippen molar-refractivity contribution in [3.63, 3.8) is 0 Å². The number of hydrogen-bond donors (Lipinski definition) is 2. The molecule has 0 fully saturated rings. The lowest BCUT2D eigenvalue weighted by atomic mass is 9.99. The van der Waals surface area contributed by atoms with Crippen LogP contribution in [0.25, 0.3) is 0 Å². The van der Waals surface area contributed by atoms with Crippen LogP contribution in [0.15, 0.2) is 18.2 Å². The summed E-state index contributed by atoms with van der Waals surface area (Å²) in [4.78, 5) is 17.5. The molecule has 0 saturated carbocycles. The largest absolute Gasteiger partial charge is 0.327 e. The second-order valence-corrected chi connectivity index (χ2v) is 6.45. The van der Waals surface area contributed by atoms with Crippen molar-refractivity contribution in [3.8, 4) is 0 Å². The van der Waals surface area contributed by atoms with E-state index in [9.17, 15) is 13.6 Å². The molecular formula is C15H16ClF2N3OS. The van der Waals surface area contributed by atoms with Crippen LogP contribution in [0, 0.1) is 11.6 Å². The first kappa shape index (κ1) is 17.8. The van der Waals surface area contributed by atoms with Crippen LogP contribution in [-0.2, 0) is 24.1 Å². The van der Waals surface area contributed by atoms with Crippen molar-refractivity contribution in [3.05, 3.63) is 46.0 Å². The summed E-state index contributed by atoms with van der Waals surface area (Å²) in [6.45, 7) is 0. The minimum Gasteiger partial charge on any atom is -0.327 e. The van der Waals surface area contributed by atoms with E-state index in [1.54, 1.807) is 0 Å². The van der Waals surface area contributed by atoms with Gasteiger partial charge in [-0.15, -0.1) is 23.7 Å². The molecule has 1 atom stereocenters. The number of amides is 1. The summed E-state index contributed by atoms with van der Waals surface area (Å²) in [6, 6.07) is 3.59. The minimum absolute atomic E-state index is 0. The van der Waals surface area contributed by atoms with E-state index in [-0.39, 0.29) is 30.8 Å². The Balaban J connectivity index is 0.00000192. The van der Waals surface area contributed by atoms with E-state index >= 15 is 0 Å². The fourth-order valence-corrected chi connectivity index (χ4v) is 3.57. The zero-order chi connectivity index (χ0) is 15.7. The van der Waals surface area contributed by atoms with Crippen LogP contribution < -0.4 is 11.1 Å². The van der Waals surface area contributed by atoms with Crippen LogP contribution in [0.3, 0.4) is 0 Å². The number of aromatic nitrogens is 1. The molecule has 0 radical (unpaired) electrons. The third-order valence-electron chi connectivity index (χ3n) is 3.57.